The normalized spacial score (nSPS) is 23.1. The third-order valence-electron chi connectivity index (χ3n) is 3.77. The molecule has 1 aromatic carbocycles. The molecular formula is C16H22Br2O3. The standard InChI is InChI=1S/C16H22Br2O3/c1-4-19-14-8-12(13(17)9-15(14)20-5-2)16(18)11-6-7-21-10(11)3/h8-11,16H,4-7H2,1-3H3. The van der Waals surface area contributed by atoms with E-state index < -0.39 is 0 Å². The highest BCUT2D eigenvalue weighted by Crippen LogP contribution is 2.45. The zero-order valence-electron chi connectivity index (χ0n) is 12.7. The minimum atomic E-state index is 0.235. The van der Waals surface area contributed by atoms with Gasteiger partial charge in [-0.25, -0.2) is 0 Å². The Bertz CT molecular complexity index is 479. The Morgan fingerprint density at radius 3 is 2.38 bits per heavy atom. The van der Waals surface area contributed by atoms with Gasteiger partial charge in [-0.2, -0.15) is 0 Å². The molecule has 0 amide bonds. The van der Waals surface area contributed by atoms with E-state index in [0.717, 1.165) is 29.0 Å². The van der Waals surface area contributed by atoms with Crippen LogP contribution in [0.3, 0.4) is 0 Å². The topological polar surface area (TPSA) is 27.7 Å². The molecule has 0 spiro atoms. The number of hydrogen-bond donors (Lipinski definition) is 0. The Morgan fingerprint density at radius 2 is 1.86 bits per heavy atom. The second-order valence-corrected chi connectivity index (χ2v) is 6.96. The average Bonchev–Trinajstić information content (AvgIpc) is 2.87. The zero-order valence-corrected chi connectivity index (χ0v) is 15.9. The van der Waals surface area contributed by atoms with Crippen molar-refractivity contribution in [3.8, 4) is 11.5 Å². The van der Waals surface area contributed by atoms with Crippen molar-refractivity contribution in [3.05, 3.63) is 22.2 Å². The van der Waals surface area contributed by atoms with Gasteiger partial charge in [0, 0.05) is 21.8 Å². The van der Waals surface area contributed by atoms with E-state index in [0.29, 0.717) is 19.1 Å². The summed E-state index contributed by atoms with van der Waals surface area (Å²) in [6.07, 6.45) is 1.34. The molecule has 3 nitrogen and oxygen atoms in total. The third-order valence-corrected chi connectivity index (χ3v) is 5.63. The predicted octanol–water partition coefficient (Wildman–Crippen LogP) is 5.11. The molecule has 1 heterocycles. The van der Waals surface area contributed by atoms with Crippen molar-refractivity contribution in [1.82, 2.24) is 0 Å². The highest BCUT2D eigenvalue weighted by Gasteiger charge is 2.32. The van der Waals surface area contributed by atoms with E-state index in [1.807, 2.05) is 19.9 Å². The molecule has 0 saturated carbocycles. The Morgan fingerprint density at radius 1 is 1.24 bits per heavy atom. The van der Waals surface area contributed by atoms with Crippen molar-refractivity contribution in [2.45, 2.75) is 38.1 Å². The van der Waals surface area contributed by atoms with Crippen LogP contribution in [0.2, 0.25) is 0 Å². The maximum atomic E-state index is 5.73. The molecular weight excluding hydrogens is 400 g/mol. The smallest absolute Gasteiger partial charge is 0.162 e. The lowest BCUT2D eigenvalue weighted by Crippen LogP contribution is -2.16. The van der Waals surface area contributed by atoms with Gasteiger partial charge in [-0.15, -0.1) is 0 Å². The summed E-state index contributed by atoms with van der Waals surface area (Å²) in [6.45, 7) is 8.17. The molecule has 3 atom stereocenters. The quantitative estimate of drug-likeness (QED) is 0.597. The molecule has 0 bridgehead atoms. The van der Waals surface area contributed by atoms with Crippen LogP contribution in [0, 0.1) is 5.92 Å². The van der Waals surface area contributed by atoms with E-state index in [1.165, 1.54) is 5.56 Å². The molecule has 0 radical (unpaired) electrons. The van der Waals surface area contributed by atoms with Crippen molar-refractivity contribution in [2.75, 3.05) is 19.8 Å². The van der Waals surface area contributed by atoms with Gasteiger partial charge in [0.2, 0.25) is 0 Å². The fraction of sp³-hybridized carbons (Fsp3) is 0.625. The largest absolute Gasteiger partial charge is 0.490 e. The first kappa shape index (κ1) is 17.1. The second-order valence-electron chi connectivity index (χ2n) is 5.12. The van der Waals surface area contributed by atoms with E-state index in [4.69, 9.17) is 14.2 Å². The molecule has 21 heavy (non-hydrogen) atoms. The number of ether oxygens (including phenoxy) is 3. The van der Waals surface area contributed by atoms with Crippen molar-refractivity contribution in [1.29, 1.82) is 0 Å². The molecule has 0 aliphatic carbocycles. The van der Waals surface area contributed by atoms with Crippen molar-refractivity contribution >= 4 is 31.9 Å². The monoisotopic (exact) mass is 420 g/mol. The Kier molecular flexibility index (Phi) is 6.38. The van der Waals surface area contributed by atoms with Crippen molar-refractivity contribution < 1.29 is 14.2 Å². The lowest BCUT2D eigenvalue weighted by Gasteiger charge is -2.23. The van der Waals surface area contributed by atoms with Gasteiger partial charge in [-0.1, -0.05) is 31.9 Å². The van der Waals surface area contributed by atoms with Gasteiger partial charge >= 0.3 is 0 Å². The number of benzene rings is 1. The van der Waals surface area contributed by atoms with Crippen LogP contribution in [-0.2, 0) is 4.74 Å². The van der Waals surface area contributed by atoms with Crippen LogP contribution in [-0.4, -0.2) is 25.9 Å². The molecule has 1 fully saturated rings. The highest BCUT2D eigenvalue weighted by atomic mass is 79.9. The van der Waals surface area contributed by atoms with Crippen LogP contribution < -0.4 is 9.47 Å². The zero-order chi connectivity index (χ0) is 15.4. The lowest BCUT2D eigenvalue weighted by molar-refractivity contribution is 0.105. The maximum Gasteiger partial charge on any atom is 0.162 e. The summed E-state index contributed by atoms with van der Waals surface area (Å²) in [4.78, 5) is 0.235. The maximum absolute atomic E-state index is 5.73. The summed E-state index contributed by atoms with van der Waals surface area (Å²) >= 11 is 7.51. The molecule has 0 N–H and O–H groups in total. The molecule has 118 valence electrons. The summed E-state index contributed by atoms with van der Waals surface area (Å²) in [5.74, 6) is 2.05. The Hall–Kier alpha value is -0.260. The molecule has 1 aliphatic heterocycles. The van der Waals surface area contributed by atoms with Crippen LogP contribution in [0.5, 0.6) is 11.5 Å². The minimum absolute atomic E-state index is 0.235. The fourth-order valence-corrected chi connectivity index (χ4v) is 4.61. The first-order valence-electron chi connectivity index (χ1n) is 7.43. The van der Waals surface area contributed by atoms with Crippen LogP contribution in [0.25, 0.3) is 0 Å². The molecule has 2 rings (SSSR count). The number of alkyl halides is 1. The number of rotatable bonds is 6. The average molecular weight is 422 g/mol. The summed E-state index contributed by atoms with van der Waals surface area (Å²) in [6, 6.07) is 4.07. The van der Waals surface area contributed by atoms with Gasteiger partial charge in [0.25, 0.3) is 0 Å². The second kappa shape index (κ2) is 7.84. The van der Waals surface area contributed by atoms with Gasteiger partial charge in [0.05, 0.1) is 19.3 Å². The van der Waals surface area contributed by atoms with Gasteiger partial charge in [-0.3, -0.25) is 0 Å². The van der Waals surface area contributed by atoms with Gasteiger partial charge in [-0.05, 0) is 44.9 Å². The Balaban J connectivity index is 2.31. The number of hydrogen-bond acceptors (Lipinski definition) is 3. The van der Waals surface area contributed by atoms with E-state index in [1.54, 1.807) is 0 Å². The molecule has 1 aromatic rings. The first-order chi connectivity index (χ1) is 10.1. The van der Waals surface area contributed by atoms with Crippen LogP contribution in [0.1, 0.15) is 37.6 Å². The van der Waals surface area contributed by atoms with E-state index in [9.17, 15) is 0 Å². The van der Waals surface area contributed by atoms with Crippen molar-refractivity contribution in [3.63, 3.8) is 0 Å². The molecule has 1 saturated heterocycles. The minimum Gasteiger partial charge on any atom is -0.490 e. The SMILES string of the molecule is CCOc1cc(Br)c(C(Br)C2CCOC2C)cc1OCC. The van der Waals surface area contributed by atoms with Crippen molar-refractivity contribution in [2.24, 2.45) is 5.92 Å². The molecule has 3 unspecified atom stereocenters. The summed E-state index contributed by atoms with van der Waals surface area (Å²) in [7, 11) is 0. The summed E-state index contributed by atoms with van der Waals surface area (Å²) in [5, 5.41) is 0. The molecule has 5 heteroatoms. The van der Waals surface area contributed by atoms with Crippen LogP contribution in [0.4, 0.5) is 0 Å². The molecule has 0 aromatic heterocycles. The van der Waals surface area contributed by atoms with Gasteiger partial charge < -0.3 is 14.2 Å². The molecule has 1 aliphatic rings. The van der Waals surface area contributed by atoms with E-state index in [2.05, 4.69) is 44.8 Å². The predicted molar refractivity (Wildman–Crippen MR) is 91.7 cm³/mol. The summed E-state index contributed by atoms with van der Waals surface area (Å²) < 4.78 is 18.1. The first-order valence-corrected chi connectivity index (χ1v) is 9.14. The van der Waals surface area contributed by atoms with Crippen LogP contribution >= 0.6 is 31.9 Å². The Labute approximate surface area is 143 Å². The van der Waals surface area contributed by atoms with E-state index >= 15 is 0 Å². The van der Waals surface area contributed by atoms with Gasteiger partial charge in [0.15, 0.2) is 11.5 Å². The fourth-order valence-electron chi connectivity index (χ4n) is 2.66. The third kappa shape index (κ3) is 3.93. The van der Waals surface area contributed by atoms with Crippen LogP contribution in [0.15, 0.2) is 16.6 Å². The van der Waals surface area contributed by atoms with E-state index in [-0.39, 0.29) is 10.9 Å². The lowest BCUT2D eigenvalue weighted by atomic mass is 9.93. The highest BCUT2D eigenvalue weighted by molar-refractivity contribution is 9.11. The number of halogens is 2. The van der Waals surface area contributed by atoms with Gasteiger partial charge in [0.1, 0.15) is 0 Å². The summed E-state index contributed by atoms with van der Waals surface area (Å²) in [5.41, 5.74) is 1.18.